The fourth-order valence-electron chi connectivity index (χ4n) is 1.42. The van der Waals surface area contributed by atoms with Crippen molar-refractivity contribution in [1.29, 1.82) is 0 Å². The topological polar surface area (TPSA) is 106 Å². The van der Waals surface area contributed by atoms with Crippen LogP contribution in [0.15, 0.2) is 11.7 Å². The van der Waals surface area contributed by atoms with Crippen molar-refractivity contribution in [2.75, 3.05) is 17.7 Å². The third kappa shape index (κ3) is 2.94. The Morgan fingerprint density at radius 3 is 2.84 bits per heavy atom. The van der Waals surface area contributed by atoms with E-state index in [-0.39, 0.29) is 11.5 Å². The molecule has 0 radical (unpaired) electrons. The number of rotatable bonds is 5. The fourth-order valence-corrected chi connectivity index (χ4v) is 2.14. The monoisotopic (exact) mass is 280 g/mol. The molecule has 0 unspecified atom stereocenters. The molecule has 0 atom stereocenters. The van der Waals surface area contributed by atoms with Gasteiger partial charge in [0.2, 0.25) is 11.8 Å². The molecule has 0 saturated heterocycles. The van der Waals surface area contributed by atoms with Crippen LogP contribution in [0.1, 0.15) is 10.6 Å². The smallest absolute Gasteiger partial charge is 0.329 e. The Hall–Kier alpha value is -2.29. The predicted molar refractivity (Wildman–Crippen MR) is 72.4 cm³/mol. The van der Waals surface area contributed by atoms with E-state index in [1.54, 1.807) is 12.6 Å². The number of aromatic nitrogens is 3. The standard InChI is InChI=1S/C10H12N6O2S/c1-6-8(19-5-14-6)4-12-9-7(16(17)18)3-13-10(11-2)15-9/h3,5H,4H2,1-2H3,(H2,11,12,13,15). The van der Waals surface area contributed by atoms with E-state index in [0.717, 1.165) is 10.6 Å². The van der Waals surface area contributed by atoms with Gasteiger partial charge in [0.25, 0.3) is 0 Å². The second kappa shape index (κ2) is 5.57. The molecule has 0 aliphatic carbocycles. The number of nitrogens with one attached hydrogen (secondary N) is 2. The number of anilines is 2. The number of hydrogen-bond donors (Lipinski definition) is 2. The van der Waals surface area contributed by atoms with Gasteiger partial charge in [-0.25, -0.2) is 9.97 Å². The molecular formula is C10H12N6O2S. The van der Waals surface area contributed by atoms with E-state index in [2.05, 4.69) is 25.6 Å². The summed E-state index contributed by atoms with van der Waals surface area (Å²) in [7, 11) is 1.65. The molecule has 0 amide bonds. The van der Waals surface area contributed by atoms with Crippen molar-refractivity contribution in [3.63, 3.8) is 0 Å². The zero-order valence-electron chi connectivity index (χ0n) is 10.4. The summed E-state index contributed by atoms with van der Waals surface area (Å²) >= 11 is 1.49. The summed E-state index contributed by atoms with van der Waals surface area (Å²) in [5.74, 6) is 0.520. The van der Waals surface area contributed by atoms with Crippen molar-refractivity contribution in [3.05, 3.63) is 32.4 Å². The van der Waals surface area contributed by atoms with Crippen LogP contribution in [0.2, 0.25) is 0 Å². The van der Waals surface area contributed by atoms with Crippen LogP contribution in [-0.2, 0) is 6.54 Å². The van der Waals surface area contributed by atoms with Crippen molar-refractivity contribution in [3.8, 4) is 0 Å². The van der Waals surface area contributed by atoms with Crippen molar-refractivity contribution in [1.82, 2.24) is 15.0 Å². The van der Waals surface area contributed by atoms with Crippen LogP contribution in [0.4, 0.5) is 17.5 Å². The Kier molecular flexibility index (Phi) is 3.85. The lowest BCUT2D eigenvalue weighted by Crippen LogP contribution is -2.07. The van der Waals surface area contributed by atoms with Crippen molar-refractivity contribution in [2.24, 2.45) is 0 Å². The first-order valence-corrected chi connectivity index (χ1v) is 6.31. The van der Waals surface area contributed by atoms with Gasteiger partial charge in [0.05, 0.1) is 22.7 Å². The van der Waals surface area contributed by atoms with Crippen LogP contribution in [0.5, 0.6) is 0 Å². The third-order valence-corrected chi connectivity index (χ3v) is 3.39. The molecule has 2 rings (SSSR count). The SMILES string of the molecule is CNc1ncc([N+](=O)[O-])c(NCc2scnc2C)n1. The minimum absolute atomic E-state index is 0.152. The van der Waals surface area contributed by atoms with Crippen LogP contribution in [0.3, 0.4) is 0 Å². The highest BCUT2D eigenvalue weighted by molar-refractivity contribution is 7.09. The van der Waals surface area contributed by atoms with Gasteiger partial charge < -0.3 is 10.6 Å². The second-order valence-corrected chi connectivity index (χ2v) is 4.59. The Labute approximate surface area is 113 Å². The van der Waals surface area contributed by atoms with Gasteiger partial charge in [-0.05, 0) is 6.92 Å². The van der Waals surface area contributed by atoms with E-state index in [4.69, 9.17) is 0 Å². The lowest BCUT2D eigenvalue weighted by Gasteiger charge is -2.06. The number of hydrogen-bond acceptors (Lipinski definition) is 8. The van der Waals surface area contributed by atoms with Gasteiger partial charge in [-0.2, -0.15) is 4.98 Å². The maximum atomic E-state index is 10.9. The van der Waals surface area contributed by atoms with E-state index in [1.165, 1.54) is 17.5 Å². The molecule has 0 bridgehead atoms. The first kappa shape index (κ1) is 13.1. The number of thiazole rings is 1. The van der Waals surface area contributed by atoms with Gasteiger partial charge in [0.15, 0.2) is 0 Å². The third-order valence-electron chi connectivity index (χ3n) is 2.45. The van der Waals surface area contributed by atoms with Crippen LogP contribution >= 0.6 is 11.3 Å². The summed E-state index contributed by atoms with van der Waals surface area (Å²) in [6.45, 7) is 2.33. The molecule has 2 aromatic rings. The van der Waals surface area contributed by atoms with Gasteiger partial charge in [0, 0.05) is 11.9 Å². The molecule has 2 aromatic heterocycles. The van der Waals surface area contributed by atoms with Crippen molar-refractivity contribution in [2.45, 2.75) is 13.5 Å². The van der Waals surface area contributed by atoms with Gasteiger partial charge >= 0.3 is 5.69 Å². The highest BCUT2D eigenvalue weighted by Gasteiger charge is 2.17. The molecule has 0 fully saturated rings. The van der Waals surface area contributed by atoms with Crippen LogP contribution in [-0.4, -0.2) is 26.9 Å². The molecule has 0 aliphatic heterocycles. The summed E-state index contributed by atoms with van der Waals surface area (Å²) in [5, 5.41) is 16.6. The maximum Gasteiger partial charge on any atom is 0.329 e. The molecule has 2 heterocycles. The second-order valence-electron chi connectivity index (χ2n) is 3.65. The molecule has 0 aliphatic rings. The fraction of sp³-hybridized carbons (Fsp3) is 0.300. The Balaban J connectivity index is 2.22. The summed E-state index contributed by atoms with van der Waals surface area (Å²) < 4.78 is 0. The molecule has 9 heteroatoms. The summed E-state index contributed by atoms with van der Waals surface area (Å²) in [6.07, 6.45) is 1.18. The minimum atomic E-state index is -0.513. The van der Waals surface area contributed by atoms with Crippen molar-refractivity contribution < 1.29 is 4.92 Å². The van der Waals surface area contributed by atoms with E-state index < -0.39 is 4.92 Å². The Morgan fingerprint density at radius 1 is 1.47 bits per heavy atom. The van der Waals surface area contributed by atoms with Gasteiger partial charge in [0.1, 0.15) is 6.20 Å². The maximum absolute atomic E-state index is 10.9. The van der Waals surface area contributed by atoms with Crippen LogP contribution in [0, 0.1) is 17.0 Å². The van der Waals surface area contributed by atoms with E-state index in [0.29, 0.717) is 12.5 Å². The summed E-state index contributed by atoms with van der Waals surface area (Å²) in [6, 6.07) is 0. The Morgan fingerprint density at radius 2 is 2.26 bits per heavy atom. The minimum Gasteiger partial charge on any atom is -0.359 e. The number of nitrogens with zero attached hydrogens (tertiary/aromatic N) is 4. The number of aryl methyl sites for hydroxylation is 1. The molecule has 0 saturated carbocycles. The molecular weight excluding hydrogens is 268 g/mol. The molecule has 0 aromatic carbocycles. The molecule has 8 nitrogen and oxygen atoms in total. The van der Waals surface area contributed by atoms with Gasteiger partial charge in [-0.1, -0.05) is 0 Å². The lowest BCUT2D eigenvalue weighted by atomic mass is 10.4. The highest BCUT2D eigenvalue weighted by atomic mass is 32.1. The summed E-state index contributed by atoms with van der Waals surface area (Å²) in [4.78, 5) is 23.4. The van der Waals surface area contributed by atoms with E-state index in [9.17, 15) is 10.1 Å². The van der Waals surface area contributed by atoms with Crippen LogP contribution in [0.25, 0.3) is 0 Å². The first-order chi connectivity index (χ1) is 9.11. The number of nitro groups is 1. The molecule has 2 N–H and O–H groups in total. The van der Waals surface area contributed by atoms with Crippen molar-refractivity contribution >= 4 is 28.8 Å². The van der Waals surface area contributed by atoms with Gasteiger partial charge in [-0.3, -0.25) is 10.1 Å². The lowest BCUT2D eigenvalue weighted by molar-refractivity contribution is -0.384. The van der Waals surface area contributed by atoms with E-state index >= 15 is 0 Å². The normalized spacial score (nSPS) is 10.2. The largest absolute Gasteiger partial charge is 0.359 e. The van der Waals surface area contributed by atoms with Crippen LogP contribution < -0.4 is 10.6 Å². The molecule has 0 spiro atoms. The molecule has 100 valence electrons. The predicted octanol–water partition coefficient (Wildman–Crippen LogP) is 1.80. The molecule has 19 heavy (non-hydrogen) atoms. The zero-order valence-corrected chi connectivity index (χ0v) is 11.2. The summed E-state index contributed by atoms with van der Waals surface area (Å²) in [5.41, 5.74) is 2.49. The quantitative estimate of drug-likeness (QED) is 0.635. The zero-order chi connectivity index (χ0) is 13.8. The van der Waals surface area contributed by atoms with Gasteiger partial charge in [-0.15, -0.1) is 11.3 Å². The Bertz CT molecular complexity index is 599. The average Bonchev–Trinajstić information content (AvgIpc) is 2.81. The highest BCUT2D eigenvalue weighted by Crippen LogP contribution is 2.23. The average molecular weight is 280 g/mol. The first-order valence-electron chi connectivity index (χ1n) is 5.44. The van der Waals surface area contributed by atoms with E-state index in [1.807, 2.05) is 6.92 Å².